The maximum absolute atomic E-state index is 5.84. The summed E-state index contributed by atoms with van der Waals surface area (Å²) in [6, 6.07) is 3.49. The van der Waals surface area contributed by atoms with Gasteiger partial charge in [-0.1, -0.05) is 18.5 Å². The van der Waals surface area contributed by atoms with Crippen molar-refractivity contribution in [1.29, 1.82) is 0 Å². The summed E-state index contributed by atoms with van der Waals surface area (Å²) in [4.78, 5) is 6.65. The molecule has 0 radical (unpaired) electrons. The molecule has 4 nitrogen and oxygen atoms in total. The number of aromatic nitrogens is 1. The van der Waals surface area contributed by atoms with E-state index in [4.69, 9.17) is 17.3 Å². The predicted octanol–water partition coefficient (Wildman–Crippen LogP) is 2.07. The van der Waals surface area contributed by atoms with Crippen molar-refractivity contribution in [3.8, 4) is 0 Å². The van der Waals surface area contributed by atoms with Gasteiger partial charge in [-0.3, -0.25) is 0 Å². The van der Waals surface area contributed by atoms with Gasteiger partial charge in [0.15, 0.2) is 5.82 Å². The third-order valence-corrected chi connectivity index (χ3v) is 3.48. The number of nitrogens with one attached hydrogen (secondary N) is 1. The van der Waals surface area contributed by atoms with Crippen molar-refractivity contribution >= 4 is 23.1 Å². The normalized spacial score (nSPS) is 20.7. The number of hydrogen-bond acceptors (Lipinski definition) is 4. The first kappa shape index (κ1) is 12.5. The molecule has 17 heavy (non-hydrogen) atoms. The van der Waals surface area contributed by atoms with Gasteiger partial charge in [0.1, 0.15) is 5.15 Å². The predicted molar refractivity (Wildman–Crippen MR) is 72.4 cm³/mol. The summed E-state index contributed by atoms with van der Waals surface area (Å²) in [5.74, 6) is 1.38. The minimum atomic E-state index is 0.475. The van der Waals surface area contributed by atoms with Crippen molar-refractivity contribution in [2.45, 2.75) is 13.3 Å². The Hall–Kier alpha value is -1.00. The number of halogens is 1. The molecule has 1 aromatic rings. The maximum Gasteiger partial charge on any atom is 0.150 e. The van der Waals surface area contributed by atoms with Crippen LogP contribution in [0.15, 0.2) is 12.1 Å². The molecule has 5 heteroatoms. The zero-order chi connectivity index (χ0) is 12.3. The van der Waals surface area contributed by atoms with Gasteiger partial charge in [0.05, 0.1) is 5.69 Å². The van der Waals surface area contributed by atoms with E-state index in [1.54, 1.807) is 12.1 Å². The summed E-state index contributed by atoms with van der Waals surface area (Å²) in [6.07, 6.45) is 1.24. The molecule has 1 aromatic heterocycles. The summed E-state index contributed by atoms with van der Waals surface area (Å²) in [5, 5.41) is 3.77. The molecule has 3 N–H and O–H groups in total. The van der Waals surface area contributed by atoms with Crippen molar-refractivity contribution in [3.05, 3.63) is 17.3 Å². The molecule has 1 aliphatic heterocycles. The van der Waals surface area contributed by atoms with Crippen LogP contribution in [0.4, 0.5) is 11.5 Å². The van der Waals surface area contributed by atoms with Gasteiger partial charge in [-0.2, -0.15) is 0 Å². The van der Waals surface area contributed by atoms with Crippen LogP contribution in [-0.2, 0) is 0 Å². The standard InChI is InChI=1S/C12H19ClN4/c1-2-17-6-5-9(8-17)7-15-12-10(14)3-4-11(13)16-12/h3-4,9H,2,5-8,14H2,1H3,(H,15,16). The van der Waals surface area contributed by atoms with E-state index in [1.165, 1.54) is 13.0 Å². The van der Waals surface area contributed by atoms with Crippen LogP contribution in [0.3, 0.4) is 0 Å². The third-order valence-electron chi connectivity index (χ3n) is 3.27. The first-order valence-electron chi connectivity index (χ1n) is 6.07. The summed E-state index contributed by atoms with van der Waals surface area (Å²) < 4.78 is 0. The molecule has 0 spiro atoms. The second-order valence-electron chi connectivity index (χ2n) is 4.50. The zero-order valence-corrected chi connectivity index (χ0v) is 10.9. The van der Waals surface area contributed by atoms with Gasteiger partial charge in [0.25, 0.3) is 0 Å². The smallest absolute Gasteiger partial charge is 0.150 e. The molecule has 94 valence electrons. The molecule has 1 saturated heterocycles. The quantitative estimate of drug-likeness (QED) is 0.808. The van der Waals surface area contributed by atoms with Crippen LogP contribution in [0.1, 0.15) is 13.3 Å². The van der Waals surface area contributed by atoms with Crippen LogP contribution < -0.4 is 11.1 Å². The monoisotopic (exact) mass is 254 g/mol. The topological polar surface area (TPSA) is 54.2 Å². The number of likely N-dealkylation sites (tertiary alicyclic amines) is 1. The van der Waals surface area contributed by atoms with Crippen LogP contribution in [-0.4, -0.2) is 36.1 Å². The largest absolute Gasteiger partial charge is 0.396 e. The second kappa shape index (κ2) is 5.56. The van der Waals surface area contributed by atoms with Gasteiger partial charge in [-0.15, -0.1) is 0 Å². The SMILES string of the molecule is CCN1CCC(CNc2nc(Cl)ccc2N)C1. The van der Waals surface area contributed by atoms with Gasteiger partial charge >= 0.3 is 0 Å². The highest BCUT2D eigenvalue weighted by atomic mass is 35.5. The fourth-order valence-corrected chi connectivity index (χ4v) is 2.34. The van der Waals surface area contributed by atoms with E-state index in [-0.39, 0.29) is 0 Å². The van der Waals surface area contributed by atoms with E-state index in [1.807, 2.05) is 0 Å². The second-order valence-corrected chi connectivity index (χ2v) is 4.89. The van der Waals surface area contributed by atoms with Crippen molar-refractivity contribution in [2.24, 2.45) is 5.92 Å². The highest BCUT2D eigenvalue weighted by Crippen LogP contribution is 2.21. The van der Waals surface area contributed by atoms with Crippen LogP contribution in [0.2, 0.25) is 5.15 Å². The lowest BCUT2D eigenvalue weighted by Gasteiger charge is -2.14. The minimum Gasteiger partial charge on any atom is -0.396 e. The van der Waals surface area contributed by atoms with Crippen molar-refractivity contribution in [3.63, 3.8) is 0 Å². The molecule has 1 fully saturated rings. The Morgan fingerprint density at radius 2 is 2.41 bits per heavy atom. The van der Waals surface area contributed by atoms with Crippen molar-refractivity contribution < 1.29 is 0 Å². The Bertz CT molecular complexity index is 383. The van der Waals surface area contributed by atoms with E-state index in [9.17, 15) is 0 Å². The molecule has 0 aliphatic carbocycles. The number of nitrogens with zero attached hydrogens (tertiary/aromatic N) is 2. The zero-order valence-electron chi connectivity index (χ0n) is 10.1. The Labute approximate surface area is 107 Å². The first-order chi connectivity index (χ1) is 8.19. The molecule has 2 rings (SSSR count). The molecule has 0 amide bonds. The third kappa shape index (κ3) is 3.23. The van der Waals surface area contributed by atoms with E-state index in [0.29, 0.717) is 22.6 Å². The minimum absolute atomic E-state index is 0.475. The average Bonchev–Trinajstić information content (AvgIpc) is 2.78. The van der Waals surface area contributed by atoms with E-state index < -0.39 is 0 Å². The molecular formula is C12H19ClN4. The molecule has 0 saturated carbocycles. The first-order valence-corrected chi connectivity index (χ1v) is 6.45. The fourth-order valence-electron chi connectivity index (χ4n) is 2.20. The number of rotatable bonds is 4. The maximum atomic E-state index is 5.84. The Balaban J connectivity index is 1.88. The van der Waals surface area contributed by atoms with Crippen LogP contribution in [0, 0.1) is 5.92 Å². The molecular weight excluding hydrogens is 236 g/mol. The molecule has 1 unspecified atom stereocenters. The molecule has 2 heterocycles. The van der Waals surface area contributed by atoms with Crippen LogP contribution in [0.25, 0.3) is 0 Å². The fraction of sp³-hybridized carbons (Fsp3) is 0.583. The average molecular weight is 255 g/mol. The van der Waals surface area contributed by atoms with Crippen molar-refractivity contribution in [2.75, 3.05) is 37.2 Å². The Morgan fingerprint density at radius 1 is 1.59 bits per heavy atom. The van der Waals surface area contributed by atoms with Gasteiger partial charge in [-0.05, 0) is 37.6 Å². The number of anilines is 2. The van der Waals surface area contributed by atoms with Gasteiger partial charge in [0, 0.05) is 13.1 Å². The van der Waals surface area contributed by atoms with Gasteiger partial charge in [-0.25, -0.2) is 4.98 Å². The van der Waals surface area contributed by atoms with Crippen LogP contribution >= 0.6 is 11.6 Å². The molecule has 0 aromatic carbocycles. The summed E-state index contributed by atoms with van der Waals surface area (Å²) >= 11 is 5.84. The van der Waals surface area contributed by atoms with E-state index in [2.05, 4.69) is 22.1 Å². The number of nitrogen functional groups attached to an aromatic ring is 1. The molecule has 0 bridgehead atoms. The van der Waals surface area contributed by atoms with E-state index >= 15 is 0 Å². The highest BCUT2D eigenvalue weighted by molar-refractivity contribution is 6.29. The van der Waals surface area contributed by atoms with Crippen LogP contribution in [0.5, 0.6) is 0 Å². The summed E-state index contributed by atoms with van der Waals surface area (Å²) in [7, 11) is 0. The molecule has 1 atom stereocenters. The summed E-state index contributed by atoms with van der Waals surface area (Å²) in [5.41, 5.74) is 6.49. The number of hydrogen-bond donors (Lipinski definition) is 2. The lowest BCUT2D eigenvalue weighted by molar-refractivity contribution is 0.345. The molecule has 1 aliphatic rings. The number of nitrogens with two attached hydrogens (primary N) is 1. The van der Waals surface area contributed by atoms with Gasteiger partial charge in [0.2, 0.25) is 0 Å². The lowest BCUT2D eigenvalue weighted by Crippen LogP contribution is -2.22. The summed E-state index contributed by atoms with van der Waals surface area (Å²) in [6.45, 7) is 6.60. The Morgan fingerprint density at radius 3 is 3.12 bits per heavy atom. The Kier molecular flexibility index (Phi) is 4.07. The number of pyridine rings is 1. The lowest BCUT2D eigenvalue weighted by atomic mass is 10.1. The van der Waals surface area contributed by atoms with Gasteiger partial charge < -0.3 is 16.0 Å². The van der Waals surface area contributed by atoms with Crippen molar-refractivity contribution in [1.82, 2.24) is 9.88 Å². The highest BCUT2D eigenvalue weighted by Gasteiger charge is 2.20. The van der Waals surface area contributed by atoms with E-state index in [0.717, 1.165) is 19.6 Å².